The predicted molar refractivity (Wildman–Crippen MR) is 126 cm³/mol. The van der Waals surface area contributed by atoms with Crippen molar-refractivity contribution in [3.63, 3.8) is 0 Å². The van der Waals surface area contributed by atoms with E-state index in [9.17, 15) is 0 Å². The average Bonchev–Trinajstić information content (AvgIpc) is 3.24. The summed E-state index contributed by atoms with van der Waals surface area (Å²) in [4.78, 5) is 4.63. The van der Waals surface area contributed by atoms with Crippen molar-refractivity contribution >= 4 is 45.0 Å². The number of ether oxygens (including phenoxy) is 1. The number of anilines is 2. The molecule has 0 aliphatic rings. The number of unbranched alkanes of at least 4 members (excludes halogenated alkanes) is 1. The first-order chi connectivity index (χ1) is 15.7. The van der Waals surface area contributed by atoms with Gasteiger partial charge in [-0.1, -0.05) is 17.7 Å². The van der Waals surface area contributed by atoms with Crippen LogP contribution in [0, 0.1) is 0 Å². The Kier molecular flexibility index (Phi) is 6.87. The van der Waals surface area contributed by atoms with E-state index in [2.05, 4.69) is 30.9 Å². The molecule has 3 aromatic heterocycles. The van der Waals surface area contributed by atoms with Crippen molar-refractivity contribution in [1.82, 2.24) is 25.0 Å². The highest BCUT2D eigenvalue weighted by molar-refractivity contribution is 6.32. The Balaban J connectivity index is 1.71. The van der Waals surface area contributed by atoms with Crippen molar-refractivity contribution in [2.45, 2.75) is 32.9 Å². The normalized spacial score (nSPS) is 11.2. The third kappa shape index (κ3) is 4.39. The molecular formula is C22H26ClN7O2. The lowest BCUT2D eigenvalue weighted by Crippen LogP contribution is -2.09. The lowest BCUT2D eigenvalue weighted by Gasteiger charge is -2.13. The number of methoxy groups -OCH3 is 1. The Bertz CT molecular complexity index is 1230. The zero-order valence-corrected chi connectivity index (χ0v) is 18.9. The summed E-state index contributed by atoms with van der Waals surface area (Å²) >= 11 is 6.27. The highest BCUT2D eigenvalue weighted by Gasteiger charge is 2.16. The fourth-order valence-corrected chi connectivity index (χ4v) is 3.88. The van der Waals surface area contributed by atoms with Gasteiger partial charge in [0.1, 0.15) is 5.75 Å². The second-order valence-corrected chi connectivity index (χ2v) is 7.73. The number of aromatic nitrogens is 5. The van der Waals surface area contributed by atoms with E-state index < -0.39 is 0 Å². The molecule has 0 saturated heterocycles. The molecule has 0 amide bonds. The number of aliphatic hydroxyl groups is 1. The molecule has 0 bridgehead atoms. The van der Waals surface area contributed by atoms with Gasteiger partial charge >= 0.3 is 0 Å². The van der Waals surface area contributed by atoms with Crippen molar-refractivity contribution in [3.05, 3.63) is 41.2 Å². The minimum absolute atomic E-state index is 0.171. The molecular weight excluding hydrogens is 430 g/mol. The summed E-state index contributed by atoms with van der Waals surface area (Å²) in [5.74, 6) is 1.95. The standard InChI is InChI=1S/C22H26ClN7O2/c1-3-30-22-16(13-27-30)19-15(12-26-22)20(24-8-4-5-9-31)28-29-21(19)25-11-14-6-7-18(32-2)17(23)10-14/h6-7,10,12-13,31H,3-5,8-9,11H2,1-2H3,(H,24,28)(H,25,29). The van der Waals surface area contributed by atoms with E-state index in [4.69, 9.17) is 21.4 Å². The van der Waals surface area contributed by atoms with Gasteiger partial charge in [-0.15, -0.1) is 10.2 Å². The number of nitrogens with one attached hydrogen (secondary N) is 2. The van der Waals surface area contributed by atoms with Crippen LogP contribution < -0.4 is 15.4 Å². The molecule has 0 aliphatic heterocycles. The number of rotatable bonds is 10. The first-order valence-corrected chi connectivity index (χ1v) is 11.0. The third-order valence-electron chi connectivity index (χ3n) is 5.26. The number of benzene rings is 1. The van der Waals surface area contributed by atoms with Crippen LogP contribution in [0.3, 0.4) is 0 Å². The topological polar surface area (TPSA) is 110 Å². The minimum atomic E-state index is 0.171. The maximum Gasteiger partial charge on any atom is 0.158 e. The van der Waals surface area contributed by atoms with Gasteiger partial charge in [-0.3, -0.25) is 0 Å². The summed E-state index contributed by atoms with van der Waals surface area (Å²) < 4.78 is 7.09. The van der Waals surface area contributed by atoms with Crippen molar-refractivity contribution in [2.75, 3.05) is 30.9 Å². The van der Waals surface area contributed by atoms with E-state index in [0.29, 0.717) is 35.5 Å². The number of hydrogen-bond donors (Lipinski definition) is 3. The largest absolute Gasteiger partial charge is 0.495 e. The van der Waals surface area contributed by atoms with E-state index in [-0.39, 0.29) is 6.61 Å². The molecule has 0 atom stereocenters. The molecule has 3 heterocycles. The number of pyridine rings is 1. The molecule has 0 radical (unpaired) electrons. The fourth-order valence-electron chi connectivity index (χ4n) is 3.60. The second kappa shape index (κ2) is 9.97. The molecule has 3 N–H and O–H groups in total. The third-order valence-corrected chi connectivity index (χ3v) is 5.56. The van der Waals surface area contributed by atoms with Crippen LogP contribution in [0.15, 0.2) is 30.6 Å². The lowest BCUT2D eigenvalue weighted by molar-refractivity contribution is 0.286. The molecule has 4 rings (SSSR count). The van der Waals surface area contributed by atoms with E-state index in [1.165, 1.54) is 0 Å². The maximum atomic E-state index is 9.02. The summed E-state index contributed by atoms with van der Waals surface area (Å²) in [5.41, 5.74) is 1.79. The number of halogens is 1. The van der Waals surface area contributed by atoms with Crippen LogP contribution in [-0.4, -0.2) is 50.3 Å². The van der Waals surface area contributed by atoms with Gasteiger partial charge < -0.3 is 20.5 Å². The zero-order chi connectivity index (χ0) is 22.5. The van der Waals surface area contributed by atoms with Crippen LogP contribution in [0.1, 0.15) is 25.3 Å². The number of aliphatic hydroxyl groups excluding tert-OH is 1. The Morgan fingerprint density at radius 2 is 1.94 bits per heavy atom. The molecule has 0 fully saturated rings. The molecule has 32 heavy (non-hydrogen) atoms. The van der Waals surface area contributed by atoms with Gasteiger partial charge in [0.2, 0.25) is 0 Å². The first kappa shape index (κ1) is 22.0. The van der Waals surface area contributed by atoms with Gasteiger partial charge in [0.25, 0.3) is 0 Å². The Labute approximate surface area is 190 Å². The van der Waals surface area contributed by atoms with Crippen LogP contribution in [0.4, 0.5) is 11.6 Å². The van der Waals surface area contributed by atoms with E-state index in [1.807, 2.05) is 42.2 Å². The van der Waals surface area contributed by atoms with Gasteiger partial charge in [-0.25, -0.2) is 9.67 Å². The number of nitrogens with zero attached hydrogens (tertiary/aromatic N) is 5. The van der Waals surface area contributed by atoms with Crippen LogP contribution in [0.5, 0.6) is 5.75 Å². The minimum Gasteiger partial charge on any atom is -0.495 e. The van der Waals surface area contributed by atoms with Crippen LogP contribution >= 0.6 is 11.6 Å². The van der Waals surface area contributed by atoms with E-state index in [0.717, 1.165) is 46.8 Å². The predicted octanol–water partition coefficient (Wildman–Crippen LogP) is 3.85. The van der Waals surface area contributed by atoms with Crippen molar-refractivity contribution in [1.29, 1.82) is 0 Å². The van der Waals surface area contributed by atoms with Crippen molar-refractivity contribution in [3.8, 4) is 5.75 Å². The van der Waals surface area contributed by atoms with Crippen LogP contribution in [-0.2, 0) is 13.1 Å². The number of fused-ring (bicyclic) bond motifs is 3. The van der Waals surface area contributed by atoms with E-state index >= 15 is 0 Å². The summed E-state index contributed by atoms with van der Waals surface area (Å²) in [6, 6.07) is 5.67. The molecule has 0 unspecified atom stereocenters. The zero-order valence-electron chi connectivity index (χ0n) is 18.1. The Hall–Kier alpha value is -3.17. The second-order valence-electron chi connectivity index (χ2n) is 7.32. The smallest absolute Gasteiger partial charge is 0.158 e. The lowest BCUT2D eigenvalue weighted by atomic mass is 10.1. The number of hydrogen-bond acceptors (Lipinski definition) is 8. The Morgan fingerprint density at radius 1 is 1.09 bits per heavy atom. The monoisotopic (exact) mass is 455 g/mol. The molecule has 10 heteroatoms. The number of aryl methyl sites for hydroxylation is 1. The molecule has 0 saturated carbocycles. The highest BCUT2D eigenvalue weighted by atomic mass is 35.5. The molecule has 0 spiro atoms. The van der Waals surface area contributed by atoms with Gasteiger partial charge in [-0.2, -0.15) is 5.10 Å². The van der Waals surface area contributed by atoms with Gasteiger partial charge in [0, 0.05) is 43.2 Å². The first-order valence-electron chi connectivity index (χ1n) is 10.6. The summed E-state index contributed by atoms with van der Waals surface area (Å²) in [6.45, 7) is 4.13. The van der Waals surface area contributed by atoms with Gasteiger partial charge in [0.15, 0.2) is 17.3 Å². The quantitative estimate of drug-likeness (QED) is 0.309. The summed E-state index contributed by atoms with van der Waals surface area (Å²) in [5, 5.41) is 32.3. The average molecular weight is 456 g/mol. The van der Waals surface area contributed by atoms with Crippen LogP contribution in [0.2, 0.25) is 5.02 Å². The van der Waals surface area contributed by atoms with Crippen molar-refractivity contribution in [2.24, 2.45) is 0 Å². The molecule has 9 nitrogen and oxygen atoms in total. The highest BCUT2D eigenvalue weighted by Crippen LogP contribution is 2.32. The van der Waals surface area contributed by atoms with Gasteiger partial charge in [-0.05, 0) is 37.5 Å². The Morgan fingerprint density at radius 3 is 2.69 bits per heavy atom. The molecule has 168 valence electrons. The summed E-state index contributed by atoms with van der Waals surface area (Å²) in [6.07, 6.45) is 5.19. The fraction of sp³-hybridized carbons (Fsp3) is 0.364. The maximum absolute atomic E-state index is 9.02. The molecule has 1 aromatic carbocycles. The summed E-state index contributed by atoms with van der Waals surface area (Å²) in [7, 11) is 1.59. The van der Waals surface area contributed by atoms with Crippen LogP contribution in [0.25, 0.3) is 21.8 Å². The van der Waals surface area contributed by atoms with Gasteiger partial charge in [0.05, 0.1) is 23.7 Å². The SMILES string of the molecule is CCn1ncc2c3c(NCc4ccc(OC)c(Cl)c4)nnc(NCCCCO)c3cnc21. The van der Waals surface area contributed by atoms with Crippen molar-refractivity contribution < 1.29 is 9.84 Å². The van der Waals surface area contributed by atoms with E-state index in [1.54, 1.807) is 7.11 Å². The molecule has 0 aliphatic carbocycles. The molecule has 4 aromatic rings.